The van der Waals surface area contributed by atoms with Crippen molar-refractivity contribution in [2.75, 3.05) is 53.4 Å². The zero-order valence-corrected chi connectivity index (χ0v) is 10.7. The molecule has 0 atom stereocenters. The number of nitrogens with one attached hydrogen (secondary N) is 2. The van der Waals surface area contributed by atoms with Gasteiger partial charge in [0.15, 0.2) is 0 Å². The Kier molecular flexibility index (Phi) is 5.93. The monoisotopic (exact) mass is 242 g/mol. The summed E-state index contributed by atoms with van der Waals surface area (Å²) < 4.78 is 0. The third-order valence-electron chi connectivity index (χ3n) is 2.97. The van der Waals surface area contributed by atoms with Crippen molar-refractivity contribution in [3.8, 4) is 0 Å². The molecule has 0 bridgehead atoms. The van der Waals surface area contributed by atoms with Crippen LogP contribution in [0.1, 0.15) is 6.42 Å². The van der Waals surface area contributed by atoms with Crippen molar-refractivity contribution in [1.82, 2.24) is 20.4 Å². The van der Waals surface area contributed by atoms with Gasteiger partial charge in [-0.25, -0.2) is 0 Å². The summed E-state index contributed by atoms with van der Waals surface area (Å²) in [6.07, 6.45) is 0.994. The highest BCUT2D eigenvalue weighted by molar-refractivity contribution is 5.78. The predicted octanol–water partition coefficient (Wildman–Crippen LogP) is -1.51. The molecule has 0 radical (unpaired) electrons. The Morgan fingerprint density at radius 2 is 1.29 bits per heavy atom. The summed E-state index contributed by atoms with van der Waals surface area (Å²) in [6, 6.07) is 0. The molecule has 1 rings (SSSR count). The van der Waals surface area contributed by atoms with E-state index in [1.54, 1.807) is 14.1 Å². The van der Waals surface area contributed by atoms with Gasteiger partial charge in [-0.05, 0) is 19.5 Å². The van der Waals surface area contributed by atoms with Gasteiger partial charge in [-0.15, -0.1) is 0 Å². The van der Waals surface area contributed by atoms with Gasteiger partial charge in [-0.2, -0.15) is 0 Å². The molecule has 17 heavy (non-hydrogen) atoms. The van der Waals surface area contributed by atoms with E-state index < -0.39 is 0 Å². The second-order valence-electron chi connectivity index (χ2n) is 4.25. The van der Waals surface area contributed by atoms with Gasteiger partial charge >= 0.3 is 0 Å². The molecule has 0 aliphatic carbocycles. The van der Waals surface area contributed by atoms with Crippen molar-refractivity contribution in [3.05, 3.63) is 0 Å². The molecule has 2 amide bonds. The van der Waals surface area contributed by atoms with E-state index in [9.17, 15) is 9.59 Å². The number of rotatable bonds is 4. The number of nitrogens with zero attached hydrogens (tertiary/aromatic N) is 2. The second kappa shape index (κ2) is 7.24. The first-order chi connectivity index (χ1) is 8.15. The minimum absolute atomic E-state index is 0.0461. The Bertz CT molecular complexity index is 244. The van der Waals surface area contributed by atoms with Crippen LogP contribution in [0.5, 0.6) is 0 Å². The minimum Gasteiger partial charge on any atom is -0.358 e. The Labute approximate surface area is 102 Å². The number of carbonyl (C=O) groups is 2. The summed E-state index contributed by atoms with van der Waals surface area (Å²) >= 11 is 0. The summed E-state index contributed by atoms with van der Waals surface area (Å²) in [6.45, 7) is 4.40. The number of amides is 2. The lowest BCUT2D eigenvalue weighted by Crippen LogP contribution is -2.40. The van der Waals surface area contributed by atoms with Crippen LogP contribution >= 0.6 is 0 Å². The van der Waals surface area contributed by atoms with Crippen LogP contribution in [-0.4, -0.2) is 75.0 Å². The fraction of sp³-hybridized carbons (Fsp3) is 0.818. The SMILES string of the molecule is CNC(=O)CN1CCCN(CC(=O)NC)CC1. The minimum atomic E-state index is 0.0461. The molecule has 2 N–H and O–H groups in total. The van der Waals surface area contributed by atoms with Gasteiger partial charge in [-0.1, -0.05) is 0 Å². The molecular formula is C11H22N4O2. The highest BCUT2D eigenvalue weighted by Crippen LogP contribution is 2.02. The van der Waals surface area contributed by atoms with E-state index in [0.29, 0.717) is 13.1 Å². The predicted molar refractivity (Wildman–Crippen MR) is 65.6 cm³/mol. The summed E-state index contributed by atoms with van der Waals surface area (Å²) in [5.41, 5.74) is 0. The van der Waals surface area contributed by atoms with Crippen LogP contribution < -0.4 is 10.6 Å². The zero-order chi connectivity index (χ0) is 12.7. The van der Waals surface area contributed by atoms with Crippen LogP contribution in [-0.2, 0) is 9.59 Å². The lowest BCUT2D eigenvalue weighted by Gasteiger charge is -2.20. The molecule has 0 aromatic rings. The van der Waals surface area contributed by atoms with Gasteiger partial charge in [-0.3, -0.25) is 19.4 Å². The van der Waals surface area contributed by atoms with E-state index in [2.05, 4.69) is 20.4 Å². The van der Waals surface area contributed by atoms with Crippen LogP contribution in [0.4, 0.5) is 0 Å². The van der Waals surface area contributed by atoms with Gasteiger partial charge in [0.2, 0.25) is 11.8 Å². The molecule has 0 spiro atoms. The molecule has 1 heterocycles. The third-order valence-corrected chi connectivity index (χ3v) is 2.97. The number of carbonyl (C=O) groups excluding carboxylic acids is 2. The first-order valence-electron chi connectivity index (χ1n) is 6.01. The smallest absolute Gasteiger partial charge is 0.233 e. The van der Waals surface area contributed by atoms with Crippen molar-refractivity contribution in [2.24, 2.45) is 0 Å². The van der Waals surface area contributed by atoms with Crippen molar-refractivity contribution >= 4 is 11.8 Å². The molecule has 1 aliphatic rings. The average Bonchev–Trinajstić information content (AvgIpc) is 2.54. The average molecular weight is 242 g/mol. The molecular weight excluding hydrogens is 220 g/mol. The molecule has 6 heteroatoms. The Balaban J connectivity index is 2.34. The third kappa shape index (κ3) is 5.14. The van der Waals surface area contributed by atoms with Crippen molar-refractivity contribution < 1.29 is 9.59 Å². The van der Waals surface area contributed by atoms with Gasteiger partial charge in [0.1, 0.15) is 0 Å². The Morgan fingerprint density at radius 3 is 1.65 bits per heavy atom. The van der Waals surface area contributed by atoms with Crippen LogP contribution in [0.25, 0.3) is 0 Å². The molecule has 6 nitrogen and oxygen atoms in total. The van der Waals surface area contributed by atoms with E-state index in [-0.39, 0.29) is 11.8 Å². The van der Waals surface area contributed by atoms with Crippen molar-refractivity contribution in [3.63, 3.8) is 0 Å². The summed E-state index contributed by atoms with van der Waals surface area (Å²) in [5, 5.41) is 5.25. The summed E-state index contributed by atoms with van der Waals surface area (Å²) in [7, 11) is 3.30. The lowest BCUT2D eigenvalue weighted by atomic mass is 10.3. The largest absolute Gasteiger partial charge is 0.358 e. The van der Waals surface area contributed by atoms with Gasteiger partial charge < -0.3 is 10.6 Å². The molecule has 98 valence electrons. The Morgan fingerprint density at radius 1 is 0.882 bits per heavy atom. The Hall–Kier alpha value is -1.14. The molecule has 0 aromatic carbocycles. The molecule has 0 aromatic heterocycles. The zero-order valence-electron chi connectivity index (χ0n) is 10.7. The van der Waals surface area contributed by atoms with Gasteiger partial charge in [0, 0.05) is 27.2 Å². The maximum absolute atomic E-state index is 11.3. The van der Waals surface area contributed by atoms with E-state index in [0.717, 1.165) is 32.6 Å². The molecule has 0 saturated carbocycles. The van der Waals surface area contributed by atoms with E-state index in [1.165, 1.54) is 0 Å². The number of likely N-dealkylation sites (N-methyl/N-ethyl adjacent to an activating group) is 2. The summed E-state index contributed by atoms with van der Waals surface area (Å²) in [5.74, 6) is 0.0921. The first kappa shape index (κ1) is 13.9. The lowest BCUT2D eigenvalue weighted by molar-refractivity contribution is -0.122. The standard InChI is InChI=1S/C11H22N4O2/c1-12-10(16)8-14-4-3-5-15(7-6-14)9-11(17)13-2/h3-9H2,1-2H3,(H,12,16)(H,13,17). The molecule has 1 aliphatic heterocycles. The fourth-order valence-corrected chi connectivity index (χ4v) is 1.90. The van der Waals surface area contributed by atoms with Crippen LogP contribution in [0, 0.1) is 0 Å². The highest BCUT2D eigenvalue weighted by Gasteiger charge is 2.17. The second-order valence-corrected chi connectivity index (χ2v) is 4.25. The van der Waals surface area contributed by atoms with E-state index in [4.69, 9.17) is 0 Å². The topological polar surface area (TPSA) is 64.7 Å². The molecule has 0 unspecified atom stereocenters. The van der Waals surface area contributed by atoms with E-state index in [1.807, 2.05) is 0 Å². The first-order valence-corrected chi connectivity index (χ1v) is 6.01. The molecule has 1 saturated heterocycles. The van der Waals surface area contributed by atoms with Crippen LogP contribution in [0.2, 0.25) is 0 Å². The molecule has 1 fully saturated rings. The highest BCUT2D eigenvalue weighted by atomic mass is 16.2. The fourth-order valence-electron chi connectivity index (χ4n) is 1.90. The summed E-state index contributed by atoms with van der Waals surface area (Å²) in [4.78, 5) is 26.8. The van der Waals surface area contributed by atoms with Gasteiger partial charge in [0.05, 0.1) is 13.1 Å². The maximum atomic E-state index is 11.3. The van der Waals surface area contributed by atoms with E-state index >= 15 is 0 Å². The number of hydrogen-bond acceptors (Lipinski definition) is 4. The number of hydrogen-bond donors (Lipinski definition) is 2. The quantitative estimate of drug-likeness (QED) is 0.629. The van der Waals surface area contributed by atoms with Crippen LogP contribution in [0.15, 0.2) is 0 Å². The normalized spacial score (nSPS) is 18.5. The van der Waals surface area contributed by atoms with Crippen molar-refractivity contribution in [1.29, 1.82) is 0 Å². The van der Waals surface area contributed by atoms with Crippen molar-refractivity contribution in [2.45, 2.75) is 6.42 Å². The maximum Gasteiger partial charge on any atom is 0.233 e. The van der Waals surface area contributed by atoms with Crippen LogP contribution in [0.3, 0.4) is 0 Å². The van der Waals surface area contributed by atoms with Gasteiger partial charge in [0.25, 0.3) is 0 Å².